The van der Waals surface area contributed by atoms with E-state index in [0.717, 1.165) is 34.6 Å². The summed E-state index contributed by atoms with van der Waals surface area (Å²) in [5.74, 6) is -0.0191. The molecule has 1 atom stereocenters. The third-order valence-corrected chi connectivity index (χ3v) is 7.27. The minimum absolute atomic E-state index is 0.174. The van der Waals surface area contributed by atoms with Gasteiger partial charge >= 0.3 is 12.1 Å². The molecule has 2 aromatic heterocycles. The maximum Gasteiger partial charge on any atom is 0.416 e. The van der Waals surface area contributed by atoms with Crippen LogP contribution >= 0.6 is 11.3 Å². The summed E-state index contributed by atoms with van der Waals surface area (Å²) in [5.41, 5.74) is 1.60. The number of thiazole rings is 1. The van der Waals surface area contributed by atoms with E-state index in [-0.39, 0.29) is 29.1 Å². The number of alkyl halides is 3. The average molecular weight is 553 g/mol. The van der Waals surface area contributed by atoms with E-state index in [1.165, 1.54) is 22.8 Å². The van der Waals surface area contributed by atoms with E-state index in [2.05, 4.69) is 4.99 Å². The van der Waals surface area contributed by atoms with Crippen molar-refractivity contribution in [2.24, 2.45) is 4.99 Å². The first-order valence-corrected chi connectivity index (χ1v) is 12.9. The van der Waals surface area contributed by atoms with Gasteiger partial charge in [-0.05, 0) is 50.6 Å². The molecule has 0 saturated carbocycles. The minimum atomic E-state index is -4.48. The molecule has 1 aliphatic heterocycles. The van der Waals surface area contributed by atoms with Crippen LogP contribution in [0, 0.1) is 6.92 Å². The second-order valence-corrected chi connectivity index (χ2v) is 10.0. The van der Waals surface area contributed by atoms with Gasteiger partial charge in [-0.2, -0.15) is 13.2 Å². The van der Waals surface area contributed by atoms with E-state index in [4.69, 9.17) is 9.15 Å². The third-order valence-electron chi connectivity index (χ3n) is 6.28. The number of carbonyl (C=O) groups is 1. The molecule has 0 amide bonds. The van der Waals surface area contributed by atoms with Gasteiger partial charge < -0.3 is 9.15 Å². The number of rotatable bonds is 5. The molecule has 0 radical (unpaired) electrons. The van der Waals surface area contributed by atoms with Crippen LogP contribution in [-0.2, 0) is 15.7 Å². The van der Waals surface area contributed by atoms with Gasteiger partial charge in [0.05, 0.1) is 34.0 Å². The van der Waals surface area contributed by atoms with E-state index in [9.17, 15) is 22.8 Å². The number of furan rings is 1. The lowest BCUT2D eigenvalue weighted by atomic mass is 9.95. The number of esters is 1. The van der Waals surface area contributed by atoms with Gasteiger partial charge in [-0.15, -0.1) is 0 Å². The van der Waals surface area contributed by atoms with Gasteiger partial charge in [0.1, 0.15) is 11.5 Å². The molecule has 3 heterocycles. The quantitative estimate of drug-likeness (QED) is 0.312. The molecular formula is C29H23F3N2O4S. The lowest BCUT2D eigenvalue weighted by molar-refractivity contribution is -0.139. The van der Waals surface area contributed by atoms with Crippen molar-refractivity contribution in [3.05, 3.63) is 114 Å². The summed E-state index contributed by atoms with van der Waals surface area (Å²) < 4.78 is 52.3. The lowest BCUT2D eigenvalue weighted by Gasteiger charge is -2.24. The maximum absolute atomic E-state index is 13.7. The first-order valence-electron chi connectivity index (χ1n) is 12.1. The molecule has 39 heavy (non-hydrogen) atoms. The Hall–Kier alpha value is -4.18. The van der Waals surface area contributed by atoms with E-state index in [1.807, 2.05) is 31.2 Å². The fraction of sp³-hybridized carbons (Fsp3) is 0.207. The van der Waals surface area contributed by atoms with E-state index < -0.39 is 23.8 Å². The highest BCUT2D eigenvalue weighted by Crippen LogP contribution is 2.33. The number of halogens is 3. The number of carbonyl (C=O) groups excluding carboxylic acids is 1. The Morgan fingerprint density at radius 3 is 2.56 bits per heavy atom. The van der Waals surface area contributed by atoms with Crippen molar-refractivity contribution >= 4 is 23.4 Å². The molecule has 2 aromatic carbocycles. The molecule has 0 saturated heterocycles. The van der Waals surface area contributed by atoms with Gasteiger partial charge in [-0.25, -0.2) is 9.79 Å². The van der Waals surface area contributed by atoms with Gasteiger partial charge in [0.15, 0.2) is 4.80 Å². The normalized spacial score (nSPS) is 15.7. The van der Waals surface area contributed by atoms with Crippen LogP contribution in [0.2, 0.25) is 0 Å². The number of aromatic nitrogens is 1. The molecule has 1 aliphatic rings. The molecule has 0 bridgehead atoms. The van der Waals surface area contributed by atoms with Crippen molar-refractivity contribution in [2.75, 3.05) is 6.61 Å². The molecule has 0 aliphatic carbocycles. The van der Waals surface area contributed by atoms with Gasteiger partial charge in [0.25, 0.3) is 5.56 Å². The Labute approximate surface area is 225 Å². The topological polar surface area (TPSA) is 73.8 Å². The number of hydrogen-bond acceptors (Lipinski definition) is 6. The van der Waals surface area contributed by atoms with Crippen molar-refractivity contribution in [1.29, 1.82) is 0 Å². The van der Waals surface area contributed by atoms with Crippen LogP contribution in [0.5, 0.6) is 0 Å². The van der Waals surface area contributed by atoms with Crippen molar-refractivity contribution in [3.63, 3.8) is 0 Å². The average Bonchev–Trinajstić information content (AvgIpc) is 3.48. The van der Waals surface area contributed by atoms with Crippen LogP contribution in [0.1, 0.15) is 42.3 Å². The zero-order chi connectivity index (χ0) is 27.9. The molecule has 4 aromatic rings. The fourth-order valence-corrected chi connectivity index (χ4v) is 5.45. The molecule has 6 nitrogen and oxygen atoms in total. The summed E-state index contributed by atoms with van der Waals surface area (Å²) >= 11 is 1.13. The molecule has 10 heteroatoms. The third kappa shape index (κ3) is 5.12. The smallest absolute Gasteiger partial charge is 0.416 e. The largest absolute Gasteiger partial charge is 0.463 e. The number of aryl methyl sites for hydroxylation is 1. The standard InChI is InChI=1S/C29H23F3N2O4S/c1-4-37-27(36)24-17(3)33-28-34(25(24)18-10-8-16(2)9-11-18)26(35)23(39-28)15-21-12-13-22(38-21)19-6-5-7-20(14-19)29(30,31)32/h5-15,25H,4H2,1-3H3/b23-15-/t25-/m1/s1. The minimum Gasteiger partial charge on any atom is -0.463 e. The van der Waals surface area contributed by atoms with Crippen molar-refractivity contribution in [1.82, 2.24) is 4.57 Å². The first-order chi connectivity index (χ1) is 18.6. The highest BCUT2D eigenvalue weighted by molar-refractivity contribution is 7.07. The Morgan fingerprint density at radius 1 is 1.13 bits per heavy atom. The number of fused-ring (bicyclic) bond motifs is 1. The second kappa shape index (κ2) is 10.2. The molecule has 0 N–H and O–H groups in total. The van der Waals surface area contributed by atoms with Crippen molar-refractivity contribution in [2.45, 2.75) is 33.0 Å². The summed E-state index contributed by atoms with van der Waals surface area (Å²) in [4.78, 5) is 31.6. The Morgan fingerprint density at radius 2 is 1.87 bits per heavy atom. The van der Waals surface area contributed by atoms with Gasteiger partial charge in [0.2, 0.25) is 0 Å². The number of allylic oxidation sites excluding steroid dienone is 1. The highest BCUT2D eigenvalue weighted by Gasteiger charge is 2.33. The number of benzene rings is 2. The van der Waals surface area contributed by atoms with Crippen LogP contribution < -0.4 is 14.9 Å². The molecule has 0 spiro atoms. The molecule has 0 unspecified atom stereocenters. The lowest BCUT2D eigenvalue weighted by Crippen LogP contribution is -2.39. The van der Waals surface area contributed by atoms with Crippen LogP contribution in [0.3, 0.4) is 0 Å². The van der Waals surface area contributed by atoms with Crippen molar-refractivity contribution in [3.8, 4) is 11.3 Å². The van der Waals surface area contributed by atoms with Gasteiger partial charge in [-0.1, -0.05) is 53.3 Å². The van der Waals surface area contributed by atoms with Crippen molar-refractivity contribution < 1.29 is 27.1 Å². The molecule has 0 fully saturated rings. The summed E-state index contributed by atoms with van der Waals surface area (Å²) in [7, 11) is 0. The monoisotopic (exact) mass is 552 g/mol. The summed E-state index contributed by atoms with van der Waals surface area (Å²) in [6, 6.07) is 14.8. The number of nitrogens with zero attached hydrogens (tertiary/aromatic N) is 2. The fourth-order valence-electron chi connectivity index (χ4n) is 4.42. The number of ether oxygens (including phenoxy) is 1. The van der Waals surface area contributed by atoms with Crippen LogP contribution in [-0.4, -0.2) is 17.1 Å². The first kappa shape index (κ1) is 26.4. The SMILES string of the molecule is CCOC(=O)C1=C(C)N=c2s/c(=C\c3ccc(-c4cccc(C(F)(F)F)c4)o3)c(=O)n2[C@@H]1c1ccc(C)cc1. The predicted molar refractivity (Wildman–Crippen MR) is 141 cm³/mol. The number of hydrogen-bond donors (Lipinski definition) is 0. The summed E-state index contributed by atoms with van der Waals surface area (Å²) in [6.45, 7) is 5.53. The Bertz CT molecular complexity index is 1780. The Balaban J connectivity index is 1.60. The second-order valence-electron chi connectivity index (χ2n) is 8.99. The highest BCUT2D eigenvalue weighted by atomic mass is 32.1. The van der Waals surface area contributed by atoms with Gasteiger partial charge in [-0.3, -0.25) is 9.36 Å². The van der Waals surface area contributed by atoms with E-state index in [0.29, 0.717) is 20.8 Å². The van der Waals surface area contributed by atoms with Crippen LogP contribution in [0.4, 0.5) is 13.2 Å². The van der Waals surface area contributed by atoms with E-state index >= 15 is 0 Å². The molecule has 200 valence electrons. The van der Waals surface area contributed by atoms with Crippen LogP contribution in [0.25, 0.3) is 17.4 Å². The Kier molecular flexibility index (Phi) is 6.90. The van der Waals surface area contributed by atoms with Gasteiger partial charge in [0, 0.05) is 11.6 Å². The molecule has 5 rings (SSSR count). The van der Waals surface area contributed by atoms with E-state index in [1.54, 1.807) is 26.0 Å². The molecular weight excluding hydrogens is 529 g/mol. The zero-order valence-electron chi connectivity index (χ0n) is 21.2. The summed E-state index contributed by atoms with van der Waals surface area (Å²) in [5, 5.41) is 0. The maximum atomic E-state index is 13.7. The zero-order valence-corrected chi connectivity index (χ0v) is 22.0. The predicted octanol–water partition coefficient (Wildman–Crippen LogP) is 5.39. The summed E-state index contributed by atoms with van der Waals surface area (Å²) in [6.07, 6.45) is -2.95. The van der Waals surface area contributed by atoms with Crippen LogP contribution in [0.15, 0.2) is 86.1 Å².